The van der Waals surface area contributed by atoms with Gasteiger partial charge in [-0.3, -0.25) is 0 Å². The second-order valence-corrected chi connectivity index (χ2v) is 5.04. The predicted octanol–water partition coefficient (Wildman–Crippen LogP) is 2.43. The van der Waals surface area contributed by atoms with Crippen molar-refractivity contribution in [2.45, 2.75) is 51.9 Å². The summed E-state index contributed by atoms with van der Waals surface area (Å²) in [6, 6.07) is 6.68. The molecule has 0 heterocycles. The molecule has 3 heteroatoms. The fourth-order valence-corrected chi connectivity index (χ4v) is 2.49. The Balaban J connectivity index is 2.19. The lowest BCUT2D eigenvalue weighted by Crippen LogP contribution is -2.26. The highest BCUT2D eigenvalue weighted by Crippen LogP contribution is 2.37. The fourth-order valence-electron chi connectivity index (χ4n) is 2.49. The smallest absolute Gasteiger partial charge is 0.123 e. The summed E-state index contributed by atoms with van der Waals surface area (Å²) in [5.41, 5.74) is 2.66. The average Bonchev–Trinajstić information content (AvgIpc) is 2.74. The van der Waals surface area contributed by atoms with Crippen LogP contribution in [0, 0.1) is 0 Å². The highest BCUT2D eigenvalue weighted by atomic mass is 16.5. The topological polar surface area (TPSA) is 41.5 Å². The van der Waals surface area contributed by atoms with Crippen LogP contribution in [0.5, 0.6) is 5.75 Å². The quantitative estimate of drug-likeness (QED) is 0.842. The Bertz CT molecular complexity index is 403. The van der Waals surface area contributed by atoms with E-state index in [1.165, 1.54) is 11.1 Å². The van der Waals surface area contributed by atoms with Crippen LogP contribution in [0.1, 0.15) is 44.4 Å². The highest BCUT2D eigenvalue weighted by molar-refractivity contribution is 5.45. The number of nitrogens with one attached hydrogen (secondary N) is 1. The molecule has 0 saturated carbocycles. The molecular formula is C15H23NO2. The van der Waals surface area contributed by atoms with E-state index in [2.05, 4.69) is 18.3 Å². The summed E-state index contributed by atoms with van der Waals surface area (Å²) in [7, 11) is 0. The standard InChI is InChI=1S/C15H23NO2/c1-4-16-14-9-8-13-12(14)6-5-7-15(13)18-11(3)10(2)17/h5-7,10-11,14,16-17H,4,8-9H2,1-3H3. The molecule has 0 spiro atoms. The fraction of sp³-hybridized carbons (Fsp3) is 0.600. The van der Waals surface area contributed by atoms with E-state index in [1.54, 1.807) is 6.92 Å². The summed E-state index contributed by atoms with van der Waals surface area (Å²) in [6.07, 6.45) is 1.56. The van der Waals surface area contributed by atoms with Gasteiger partial charge in [0, 0.05) is 6.04 Å². The van der Waals surface area contributed by atoms with E-state index < -0.39 is 6.10 Å². The van der Waals surface area contributed by atoms with Crippen molar-refractivity contribution in [3.05, 3.63) is 29.3 Å². The van der Waals surface area contributed by atoms with E-state index in [0.29, 0.717) is 6.04 Å². The van der Waals surface area contributed by atoms with Crippen molar-refractivity contribution in [3.8, 4) is 5.75 Å². The number of hydrogen-bond acceptors (Lipinski definition) is 3. The zero-order chi connectivity index (χ0) is 13.1. The number of rotatable bonds is 5. The molecule has 0 saturated heterocycles. The first-order valence-corrected chi connectivity index (χ1v) is 6.83. The molecule has 1 aromatic carbocycles. The minimum Gasteiger partial charge on any atom is -0.488 e. The van der Waals surface area contributed by atoms with Crippen LogP contribution in [0.25, 0.3) is 0 Å². The zero-order valence-corrected chi connectivity index (χ0v) is 11.4. The maximum absolute atomic E-state index is 9.53. The summed E-state index contributed by atoms with van der Waals surface area (Å²) >= 11 is 0. The van der Waals surface area contributed by atoms with E-state index in [0.717, 1.165) is 25.1 Å². The summed E-state index contributed by atoms with van der Waals surface area (Å²) in [5.74, 6) is 0.932. The van der Waals surface area contributed by atoms with Gasteiger partial charge in [0.2, 0.25) is 0 Å². The van der Waals surface area contributed by atoms with E-state index in [9.17, 15) is 5.11 Å². The summed E-state index contributed by atoms with van der Waals surface area (Å²) in [4.78, 5) is 0. The molecule has 18 heavy (non-hydrogen) atoms. The van der Waals surface area contributed by atoms with Crippen LogP contribution in [-0.4, -0.2) is 23.9 Å². The molecule has 0 bridgehead atoms. The van der Waals surface area contributed by atoms with E-state index in [4.69, 9.17) is 4.74 Å². The molecule has 0 aromatic heterocycles. The van der Waals surface area contributed by atoms with Gasteiger partial charge in [-0.2, -0.15) is 0 Å². The van der Waals surface area contributed by atoms with Crippen LogP contribution in [0.15, 0.2) is 18.2 Å². The van der Waals surface area contributed by atoms with Gasteiger partial charge in [0.15, 0.2) is 0 Å². The molecule has 2 N–H and O–H groups in total. The van der Waals surface area contributed by atoms with Crippen LogP contribution < -0.4 is 10.1 Å². The third-order valence-electron chi connectivity index (χ3n) is 3.67. The highest BCUT2D eigenvalue weighted by Gasteiger charge is 2.25. The summed E-state index contributed by atoms with van der Waals surface area (Å²) in [6.45, 7) is 6.78. The largest absolute Gasteiger partial charge is 0.488 e. The second kappa shape index (κ2) is 5.72. The van der Waals surface area contributed by atoms with E-state index in [1.807, 2.05) is 19.1 Å². The Morgan fingerprint density at radius 1 is 1.44 bits per heavy atom. The molecule has 0 fully saturated rings. The van der Waals surface area contributed by atoms with Gasteiger partial charge in [-0.1, -0.05) is 19.1 Å². The molecule has 1 aliphatic rings. The lowest BCUT2D eigenvalue weighted by Gasteiger charge is -2.20. The minimum absolute atomic E-state index is 0.172. The van der Waals surface area contributed by atoms with Crippen molar-refractivity contribution in [1.82, 2.24) is 5.32 Å². The third-order valence-corrected chi connectivity index (χ3v) is 3.67. The van der Waals surface area contributed by atoms with Crippen LogP contribution in [0.2, 0.25) is 0 Å². The number of fused-ring (bicyclic) bond motifs is 1. The summed E-state index contributed by atoms with van der Waals surface area (Å²) in [5, 5.41) is 13.0. The monoisotopic (exact) mass is 249 g/mol. The molecule has 3 unspecified atom stereocenters. The van der Waals surface area contributed by atoms with Crippen LogP contribution in [0.3, 0.4) is 0 Å². The molecule has 1 aliphatic carbocycles. The number of aliphatic hydroxyl groups is 1. The zero-order valence-electron chi connectivity index (χ0n) is 11.4. The Hall–Kier alpha value is -1.06. The first kappa shape index (κ1) is 13.4. The van der Waals surface area contributed by atoms with Gasteiger partial charge in [0.05, 0.1) is 6.10 Å². The van der Waals surface area contributed by atoms with Gasteiger partial charge in [-0.15, -0.1) is 0 Å². The van der Waals surface area contributed by atoms with Crippen molar-refractivity contribution in [2.75, 3.05) is 6.54 Å². The van der Waals surface area contributed by atoms with Crippen molar-refractivity contribution >= 4 is 0 Å². The Kier molecular flexibility index (Phi) is 4.25. The molecule has 0 amide bonds. The normalized spacial score (nSPS) is 21.4. The molecule has 3 atom stereocenters. The maximum Gasteiger partial charge on any atom is 0.123 e. The van der Waals surface area contributed by atoms with Gasteiger partial charge < -0.3 is 15.2 Å². The lowest BCUT2D eigenvalue weighted by molar-refractivity contribution is 0.0599. The van der Waals surface area contributed by atoms with Crippen molar-refractivity contribution in [1.29, 1.82) is 0 Å². The molecule has 0 aliphatic heterocycles. The van der Waals surface area contributed by atoms with Crippen molar-refractivity contribution in [2.24, 2.45) is 0 Å². The van der Waals surface area contributed by atoms with Gasteiger partial charge in [-0.05, 0) is 50.4 Å². The first-order chi connectivity index (χ1) is 8.63. The van der Waals surface area contributed by atoms with Gasteiger partial charge >= 0.3 is 0 Å². The molecule has 2 rings (SSSR count). The minimum atomic E-state index is -0.452. The Morgan fingerprint density at radius 3 is 2.89 bits per heavy atom. The van der Waals surface area contributed by atoms with E-state index in [-0.39, 0.29) is 6.10 Å². The van der Waals surface area contributed by atoms with Gasteiger partial charge in [0.25, 0.3) is 0 Å². The molecule has 0 radical (unpaired) electrons. The third kappa shape index (κ3) is 2.68. The van der Waals surface area contributed by atoms with Gasteiger partial charge in [-0.25, -0.2) is 0 Å². The number of aliphatic hydroxyl groups excluding tert-OH is 1. The number of ether oxygens (including phenoxy) is 1. The van der Waals surface area contributed by atoms with Gasteiger partial charge in [0.1, 0.15) is 11.9 Å². The number of hydrogen-bond donors (Lipinski definition) is 2. The second-order valence-electron chi connectivity index (χ2n) is 5.04. The average molecular weight is 249 g/mol. The first-order valence-electron chi connectivity index (χ1n) is 6.83. The lowest BCUT2D eigenvalue weighted by atomic mass is 10.1. The molecule has 100 valence electrons. The summed E-state index contributed by atoms with van der Waals surface area (Å²) < 4.78 is 5.87. The van der Waals surface area contributed by atoms with E-state index >= 15 is 0 Å². The predicted molar refractivity (Wildman–Crippen MR) is 73.0 cm³/mol. The maximum atomic E-state index is 9.53. The van der Waals surface area contributed by atoms with Crippen LogP contribution >= 0.6 is 0 Å². The Labute approximate surface area is 109 Å². The SMILES string of the molecule is CCNC1CCc2c(OC(C)C(C)O)cccc21. The van der Waals surface area contributed by atoms with Crippen molar-refractivity contribution in [3.63, 3.8) is 0 Å². The van der Waals surface area contributed by atoms with Crippen LogP contribution in [-0.2, 0) is 6.42 Å². The van der Waals surface area contributed by atoms with Crippen molar-refractivity contribution < 1.29 is 9.84 Å². The molecule has 1 aromatic rings. The Morgan fingerprint density at radius 2 is 2.22 bits per heavy atom. The molecular weight excluding hydrogens is 226 g/mol. The number of benzene rings is 1. The molecule has 3 nitrogen and oxygen atoms in total. The van der Waals surface area contributed by atoms with Crippen LogP contribution in [0.4, 0.5) is 0 Å².